The molecule has 1 aromatic heterocycles. The fraction of sp³-hybridized carbons (Fsp3) is 0.0800. The van der Waals surface area contributed by atoms with E-state index in [2.05, 4.69) is 15.6 Å². The van der Waals surface area contributed by atoms with Crippen molar-refractivity contribution in [3.63, 3.8) is 0 Å². The Morgan fingerprint density at radius 3 is 2.35 bits per heavy atom. The van der Waals surface area contributed by atoms with E-state index >= 15 is 0 Å². The molecular weight excluding hydrogens is 388 g/mol. The summed E-state index contributed by atoms with van der Waals surface area (Å²) in [7, 11) is 0. The smallest absolute Gasteiger partial charge is 0.275 e. The van der Waals surface area contributed by atoms with Gasteiger partial charge < -0.3 is 4.74 Å². The van der Waals surface area contributed by atoms with Gasteiger partial charge in [0.1, 0.15) is 11.4 Å². The normalized spacial score (nSPS) is 10.9. The van der Waals surface area contributed by atoms with Crippen LogP contribution in [-0.4, -0.2) is 28.5 Å². The van der Waals surface area contributed by atoms with E-state index in [9.17, 15) is 4.79 Å². The van der Waals surface area contributed by atoms with Gasteiger partial charge in [0.15, 0.2) is 0 Å². The van der Waals surface area contributed by atoms with Gasteiger partial charge in [0.05, 0.1) is 24.1 Å². The standard InChI is InChI=1S/C25H22N4O2/c1-2-31-22-15-13-19(14-16-22)17-26-27-25(30)23-18-29(21-11-7-4-8-12-21)28-24(23)20-9-5-3-6-10-20/h3-18H,2H2,1H3,(H,27,30)/b26-17+. The second kappa shape index (κ2) is 9.54. The SMILES string of the molecule is CCOc1ccc(/C=N/NC(=O)c2cn(-c3ccccc3)nc2-c2ccccc2)cc1. The predicted molar refractivity (Wildman–Crippen MR) is 122 cm³/mol. The first-order chi connectivity index (χ1) is 15.2. The zero-order valence-electron chi connectivity index (χ0n) is 17.1. The van der Waals surface area contributed by atoms with Gasteiger partial charge in [-0.1, -0.05) is 48.5 Å². The lowest BCUT2D eigenvalue weighted by molar-refractivity contribution is 0.0955. The number of ether oxygens (including phenoxy) is 1. The number of rotatable bonds is 7. The summed E-state index contributed by atoms with van der Waals surface area (Å²) in [5.74, 6) is 0.465. The summed E-state index contributed by atoms with van der Waals surface area (Å²) in [4.78, 5) is 12.9. The van der Waals surface area contributed by atoms with Gasteiger partial charge in [-0.3, -0.25) is 4.79 Å². The molecule has 0 unspecified atom stereocenters. The fourth-order valence-corrected chi connectivity index (χ4v) is 3.10. The van der Waals surface area contributed by atoms with Gasteiger partial charge in [0.25, 0.3) is 5.91 Å². The molecule has 1 amide bonds. The highest BCUT2D eigenvalue weighted by atomic mass is 16.5. The van der Waals surface area contributed by atoms with E-state index in [1.807, 2.05) is 91.9 Å². The maximum atomic E-state index is 12.9. The Morgan fingerprint density at radius 1 is 1.00 bits per heavy atom. The molecule has 0 aliphatic carbocycles. The van der Waals surface area contributed by atoms with Gasteiger partial charge in [0.2, 0.25) is 0 Å². The Kier molecular flexibility index (Phi) is 6.18. The molecule has 6 nitrogen and oxygen atoms in total. The van der Waals surface area contributed by atoms with Gasteiger partial charge >= 0.3 is 0 Å². The molecule has 4 aromatic rings. The average Bonchev–Trinajstić information content (AvgIpc) is 3.27. The number of nitrogens with one attached hydrogen (secondary N) is 1. The van der Waals surface area contributed by atoms with Crippen molar-refractivity contribution in [2.24, 2.45) is 5.10 Å². The minimum atomic E-state index is -0.330. The molecule has 0 atom stereocenters. The van der Waals surface area contributed by atoms with E-state index in [0.29, 0.717) is 17.9 Å². The zero-order valence-corrected chi connectivity index (χ0v) is 17.1. The molecule has 154 valence electrons. The summed E-state index contributed by atoms with van der Waals surface area (Å²) in [5.41, 5.74) is 6.23. The molecule has 1 N–H and O–H groups in total. The van der Waals surface area contributed by atoms with Crippen molar-refractivity contribution < 1.29 is 9.53 Å². The van der Waals surface area contributed by atoms with E-state index in [1.54, 1.807) is 17.1 Å². The molecule has 0 aliphatic rings. The number of nitrogens with zero attached hydrogens (tertiary/aromatic N) is 3. The molecule has 0 radical (unpaired) electrons. The summed E-state index contributed by atoms with van der Waals surface area (Å²) in [6, 6.07) is 26.8. The van der Waals surface area contributed by atoms with Crippen LogP contribution in [0.25, 0.3) is 16.9 Å². The minimum absolute atomic E-state index is 0.330. The van der Waals surface area contributed by atoms with Crippen LogP contribution in [-0.2, 0) is 0 Å². The van der Waals surface area contributed by atoms with E-state index < -0.39 is 0 Å². The van der Waals surface area contributed by atoms with Crippen LogP contribution in [0, 0.1) is 0 Å². The zero-order chi connectivity index (χ0) is 21.5. The molecule has 1 heterocycles. The second-order valence-electron chi connectivity index (χ2n) is 6.74. The van der Waals surface area contributed by atoms with Crippen molar-refractivity contribution in [1.29, 1.82) is 0 Å². The Labute approximate surface area is 180 Å². The highest BCUT2D eigenvalue weighted by Crippen LogP contribution is 2.23. The van der Waals surface area contributed by atoms with Crippen molar-refractivity contribution in [3.05, 3.63) is 102 Å². The number of amides is 1. The van der Waals surface area contributed by atoms with Crippen LogP contribution < -0.4 is 10.2 Å². The highest BCUT2D eigenvalue weighted by Gasteiger charge is 2.18. The van der Waals surface area contributed by atoms with Crippen LogP contribution >= 0.6 is 0 Å². The van der Waals surface area contributed by atoms with Crippen LogP contribution in [0.1, 0.15) is 22.8 Å². The summed E-state index contributed by atoms with van der Waals surface area (Å²) >= 11 is 0. The Bertz CT molecular complexity index is 1170. The average molecular weight is 410 g/mol. The van der Waals surface area contributed by atoms with Crippen LogP contribution in [0.3, 0.4) is 0 Å². The lowest BCUT2D eigenvalue weighted by Gasteiger charge is -2.03. The first kappa shape index (κ1) is 20.1. The lowest BCUT2D eigenvalue weighted by Crippen LogP contribution is -2.17. The molecule has 4 rings (SSSR count). The molecule has 0 fully saturated rings. The Hall–Kier alpha value is -4.19. The third-order valence-corrected chi connectivity index (χ3v) is 4.60. The van der Waals surface area contributed by atoms with Crippen LogP contribution in [0.4, 0.5) is 0 Å². The number of hydrazone groups is 1. The monoisotopic (exact) mass is 410 g/mol. The first-order valence-corrected chi connectivity index (χ1v) is 10.0. The molecule has 0 bridgehead atoms. The van der Waals surface area contributed by atoms with Crippen LogP contribution in [0.15, 0.2) is 96.2 Å². The van der Waals surface area contributed by atoms with Crippen molar-refractivity contribution in [2.75, 3.05) is 6.61 Å². The summed E-state index contributed by atoms with van der Waals surface area (Å²) in [6.45, 7) is 2.55. The van der Waals surface area contributed by atoms with Gasteiger partial charge in [-0.15, -0.1) is 0 Å². The third-order valence-electron chi connectivity index (χ3n) is 4.60. The van der Waals surface area contributed by atoms with Gasteiger partial charge in [-0.05, 0) is 48.9 Å². The number of carbonyl (C=O) groups is 1. The molecule has 0 saturated heterocycles. The fourth-order valence-electron chi connectivity index (χ4n) is 3.10. The van der Waals surface area contributed by atoms with Gasteiger partial charge in [0, 0.05) is 11.8 Å². The van der Waals surface area contributed by atoms with E-state index in [0.717, 1.165) is 22.6 Å². The molecular formula is C25H22N4O2. The summed E-state index contributed by atoms with van der Waals surface area (Å²) in [5, 5.41) is 8.76. The summed E-state index contributed by atoms with van der Waals surface area (Å²) in [6.07, 6.45) is 3.32. The molecule has 0 spiro atoms. The lowest BCUT2D eigenvalue weighted by atomic mass is 10.1. The van der Waals surface area contributed by atoms with E-state index in [-0.39, 0.29) is 5.91 Å². The van der Waals surface area contributed by atoms with Crippen molar-refractivity contribution in [1.82, 2.24) is 15.2 Å². The van der Waals surface area contributed by atoms with Crippen molar-refractivity contribution in [3.8, 4) is 22.7 Å². The number of hydrogen-bond donors (Lipinski definition) is 1. The topological polar surface area (TPSA) is 68.5 Å². The molecule has 31 heavy (non-hydrogen) atoms. The van der Waals surface area contributed by atoms with Gasteiger partial charge in [-0.2, -0.15) is 10.2 Å². The first-order valence-electron chi connectivity index (χ1n) is 10.0. The molecule has 0 aliphatic heterocycles. The van der Waals surface area contributed by atoms with Crippen LogP contribution in [0.2, 0.25) is 0 Å². The number of hydrogen-bond acceptors (Lipinski definition) is 4. The maximum absolute atomic E-state index is 12.9. The third kappa shape index (κ3) is 4.87. The van der Waals surface area contributed by atoms with Crippen molar-refractivity contribution >= 4 is 12.1 Å². The molecule has 0 saturated carbocycles. The number of carbonyl (C=O) groups excluding carboxylic acids is 1. The van der Waals surface area contributed by atoms with Crippen molar-refractivity contribution in [2.45, 2.75) is 6.92 Å². The predicted octanol–water partition coefficient (Wildman–Crippen LogP) is 4.70. The largest absolute Gasteiger partial charge is 0.494 e. The maximum Gasteiger partial charge on any atom is 0.275 e. The highest BCUT2D eigenvalue weighted by molar-refractivity contribution is 6.00. The Morgan fingerprint density at radius 2 is 1.68 bits per heavy atom. The van der Waals surface area contributed by atoms with Gasteiger partial charge in [-0.25, -0.2) is 10.1 Å². The second-order valence-corrected chi connectivity index (χ2v) is 6.74. The quantitative estimate of drug-likeness (QED) is 0.355. The Balaban J connectivity index is 1.57. The summed E-state index contributed by atoms with van der Waals surface area (Å²) < 4.78 is 7.13. The molecule has 3 aromatic carbocycles. The molecule has 6 heteroatoms. The number of benzene rings is 3. The van der Waals surface area contributed by atoms with Crippen LogP contribution in [0.5, 0.6) is 5.75 Å². The van der Waals surface area contributed by atoms with E-state index in [4.69, 9.17) is 4.74 Å². The van der Waals surface area contributed by atoms with E-state index in [1.165, 1.54) is 0 Å². The number of aromatic nitrogens is 2. The minimum Gasteiger partial charge on any atom is -0.494 e. The number of para-hydroxylation sites is 1.